The van der Waals surface area contributed by atoms with Crippen LogP contribution in [-0.2, 0) is 12.8 Å². The van der Waals surface area contributed by atoms with Crippen molar-refractivity contribution in [3.63, 3.8) is 0 Å². The number of aromatic nitrogens is 1. The molecule has 0 saturated carbocycles. The van der Waals surface area contributed by atoms with Gasteiger partial charge < -0.3 is 11.1 Å². The zero-order valence-corrected chi connectivity index (χ0v) is 12.4. The second-order valence-electron chi connectivity index (χ2n) is 4.81. The maximum Gasteiger partial charge on any atom is 0.140 e. The molecule has 1 aliphatic rings. The van der Waals surface area contributed by atoms with Crippen molar-refractivity contribution in [2.75, 3.05) is 5.32 Å². The van der Waals surface area contributed by atoms with Crippen LogP contribution in [0.2, 0.25) is 5.02 Å². The molecule has 0 radical (unpaired) electrons. The topological polar surface area (TPSA) is 50.9 Å². The molecule has 0 spiro atoms. The van der Waals surface area contributed by atoms with Crippen LogP contribution in [0.4, 0.5) is 11.5 Å². The largest absolute Gasteiger partial charge is 0.389 e. The van der Waals surface area contributed by atoms with Crippen LogP contribution in [0.15, 0.2) is 30.3 Å². The molecule has 2 aromatic rings. The maximum atomic E-state index is 6.17. The Balaban J connectivity index is 2.04. The van der Waals surface area contributed by atoms with E-state index in [1.54, 1.807) is 0 Å². The van der Waals surface area contributed by atoms with Crippen molar-refractivity contribution in [3.8, 4) is 0 Å². The molecule has 0 fully saturated rings. The summed E-state index contributed by atoms with van der Waals surface area (Å²) in [6, 6.07) is 9.59. The summed E-state index contributed by atoms with van der Waals surface area (Å²) in [5.41, 5.74) is 9.77. The molecule has 1 aliphatic carbocycles. The molecule has 5 heteroatoms. The predicted molar refractivity (Wildman–Crippen MR) is 86.9 cm³/mol. The smallest absolute Gasteiger partial charge is 0.140 e. The van der Waals surface area contributed by atoms with E-state index >= 15 is 0 Å². The number of fused-ring (bicyclic) bond motifs is 1. The number of hydrogen-bond acceptors (Lipinski definition) is 3. The van der Waals surface area contributed by atoms with Gasteiger partial charge in [0.05, 0.1) is 16.3 Å². The Hall–Kier alpha value is -1.65. The number of thiocarbonyl (C=S) groups is 1. The zero-order chi connectivity index (χ0) is 14.1. The maximum absolute atomic E-state index is 6.17. The molecule has 1 heterocycles. The summed E-state index contributed by atoms with van der Waals surface area (Å²) in [6.07, 6.45) is 3.18. The van der Waals surface area contributed by atoms with Crippen LogP contribution in [-0.4, -0.2) is 9.97 Å². The lowest BCUT2D eigenvalue weighted by molar-refractivity contribution is 0.900. The van der Waals surface area contributed by atoms with Gasteiger partial charge in [-0.05, 0) is 43.0 Å². The molecule has 1 aromatic carbocycles. The van der Waals surface area contributed by atoms with Gasteiger partial charge in [-0.15, -0.1) is 0 Å². The van der Waals surface area contributed by atoms with Crippen LogP contribution in [0.25, 0.3) is 0 Å². The first-order chi connectivity index (χ1) is 9.65. The van der Waals surface area contributed by atoms with Gasteiger partial charge in [0.2, 0.25) is 0 Å². The SMILES string of the molecule is NC(=S)c1cc2c(nc1Nc1ccccc1Cl)CCC2. The fourth-order valence-corrected chi connectivity index (χ4v) is 2.78. The summed E-state index contributed by atoms with van der Waals surface area (Å²) in [6.45, 7) is 0. The first-order valence-electron chi connectivity index (χ1n) is 6.49. The van der Waals surface area contributed by atoms with E-state index in [4.69, 9.17) is 29.6 Å². The van der Waals surface area contributed by atoms with Gasteiger partial charge in [-0.2, -0.15) is 0 Å². The lowest BCUT2D eigenvalue weighted by atomic mass is 10.1. The molecule has 20 heavy (non-hydrogen) atoms. The summed E-state index contributed by atoms with van der Waals surface area (Å²) in [5, 5.41) is 3.88. The molecule has 3 nitrogen and oxygen atoms in total. The van der Waals surface area contributed by atoms with Gasteiger partial charge in [-0.1, -0.05) is 36.0 Å². The van der Waals surface area contributed by atoms with Gasteiger partial charge in [-0.3, -0.25) is 0 Å². The number of nitrogens with zero attached hydrogens (tertiary/aromatic N) is 1. The Kier molecular flexibility index (Phi) is 3.59. The number of pyridine rings is 1. The lowest BCUT2D eigenvalue weighted by Crippen LogP contribution is -2.14. The number of para-hydroxylation sites is 1. The number of rotatable bonds is 3. The molecule has 102 valence electrons. The van der Waals surface area contributed by atoms with Gasteiger partial charge in [0.25, 0.3) is 0 Å². The highest BCUT2D eigenvalue weighted by Gasteiger charge is 2.18. The van der Waals surface area contributed by atoms with Gasteiger partial charge in [0, 0.05) is 5.69 Å². The molecule has 3 rings (SSSR count). The highest BCUT2D eigenvalue weighted by molar-refractivity contribution is 7.80. The third-order valence-corrected chi connectivity index (χ3v) is 3.99. The third-order valence-electron chi connectivity index (χ3n) is 3.44. The minimum absolute atomic E-state index is 0.349. The summed E-state index contributed by atoms with van der Waals surface area (Å²) in [5.74, 6) is 0.686. The number of aryl methyl sites for hydroxylation is 2. The van der Waals surface area contributed by atoms with Crippen molar-refractivity contribution >= 4 is 40.3 Å². The van der Waals surface area contributed by atoms with E-state index < -0.39 is 0 Å². The monoisotopic (exact) mass is 303 g/mol. The second kappa shape index (κ2) is 5.38. The number of halogens is 1. The van der Waals surface area contributed by atoms with Gasteiger partial charge in [0.1, 0.15) is 10.8 Å². The number of nitrogens with two attached hydrogens (primary N) is 1. The highest BCUT2D eigenvalue weighted by Crippen LogP contribution is 2.29. The van der Waals surface area contributed by atoms with Crippen LogP contribution in [0.3, 0.4) is 0 Å². The summed E-state index contributed by atoms with van der Waals surface area (Å²) in [7, 11) is 0. The van der Waals surface area contributed by atoms with Crippen LogP contribution >= 0.6 is 23.8 Å². The van der Waals surface area contributed by atoms with E-state index in [0.29, 0.717) is 15.8 Å². The summed E-state index contributed by atoms with van der Waals surface area (Å²) < 4.78 is 0. The molecular weight excluding hydrogens is 290 g/mol. The average molecular weight is 304 g/mol. The van der Waals surface area contributed by atoms with Crippen LogP contribution in [0, 0.1) is 0 Å². The van der Waals surface area contributed by atoms with E-state index in [2.05, 4.69) is 16.4 Å². The van der Waals surface area contributed by atoms with Gasteiger partial charge in [0.15, 0.2) is 0 Å². The minimum Gasteiger partial charge on any atom is -0.389 e. The van der Waals surface area contributed by atoms with Crippen molar-refractivity contribution in [1.29, 1.82) is 0 Å². The van der Waals surface area contributed by atoms with Crippen molar-refractivity contribution < 1.29 is 0 Å². The molecule has 0 atom stereocenters. The first kappa shape index (κ1) is 13.3. The molecule has 1 aromatic heterocycles. The molecular formula is C15H14ClN3S. The van der Waals surface area contributed by atoms with Crippen molar-refractivity contribution in [2.24, 2.45) is 5.73 Å². The zero-order valence-electron chi connectivity index (χ0n) is 10.8. The number of nitrogens with one attached hydrogen (secondary N) is 1. The van der Waals surface area contributed by atoms with E-state index in [-0.39, 0.29) is 0 Å². The number of hydrogen-bond donors (Lipinski definition) is 2. The highest BCUT2D eigenvalue weighted by atomic mass is 35.5. The quantitative estimate of drug-likeness (QED) is 0.851. The fraction of sp³-hybridized carbons (Fsp3) is 0.200. The Labute approximate surface area is 128 Å². The van der Waals surface area contributed by atoms with E-state index in [1.807, 2.05) is 24.3 Å². The number of anilines is 2. The van der Waals surface area contributed by atoms with E-state index in [9.17, 15) is 0 Å². The summed E-state index contributed by atoms with van der Waals surface area (Å²) in [4.78, 5) is 5.02. The number of benzene rings is 1. The van der Waals surface area contributed by atoms with Crippen LogP contribution < -0.4 is 11.1 Å². The van der Waals surface area contributed by atoms with Crippen molar-refractivity contribution in [1.82, 2.24) is 4.98 Å². The molecule has 0 aliphatic heterocycles. The molecule has 0 bridgehead atoms. The van der Waals surface area contributed by atoms with Gasteiger partial charge >= 0.3 is 0 Å². The van der Waals surface area contributed by atoms with Crippen molar-refractivity contribution in [3.05, 3.63) is 52.2 Å². The lowest BCUT2D eigenvalue weighted by Gasteiger charge is -2.13. The Morgan fingerprint density at radius 1 is 1.30 bits per heavy atom. The normalized spacial score (nSPS) is 13.1. The summed E-state index contributed by atoms with van der Waals surface area (Å²) >= 11 is 11.3. The van der Waals surface area contributed by atoms with E-state index in [0.717, 1.165) is 36.2 Å². The predicted octanol–water partition coefficient (Wildman–Crippen LogP) is 3.60. The molecule has 0 unspecified atom stereocenters. The van der Waals surface area contributed by atoms with Crippen LogP contribution in [0.1, 0.15) is 23.2 Å². The average Bonchev–Trinajstić information content (AvgIpc) is 2.87. The Bertz CT molecular complexity index is 685. The molecule has 0 amide bonds. The second-order valence-corrected chi connectivity index (χ2v) is 5.66. The molecule has 0 saturated heterocycles. The van der Waals surface area contributed by atoms with Crippen molar-refractivity contribution in [2.45, 2.75) is 19.3 Å². The Morgan fingerprint density at radius 2 is 2.10 bits per heavy atom. The van der Waals surface area contributed by atoms with Gasteiger partial charge in [-0.25, -0.2) is 4.98 Å². The third kappa shape index (κ3) is 2.49. The fourth-order valence-electron chi connectivity index (χ4n) is 2.45. The molecule has 3 N–H and O–H groups in total. The van der Waals surface area contributed by atoms with Crippen LogP contribution in [0.5, 0.6) is 0 Å². The minimum atomic E-state index is 0.349. The first-order valence-corrected chi connectivity index (χ1v) is 7.28. The van der Waals surface area contributed by atoms with E-state index in [1.165, 1.54) is 5.56 Å². The standard InChI is InChI=1S/C15H14ClN3S/c16-11-5-1-2-6-13(11)19-15-10(14(17)20)8-9-4-3-7-12(9)18-15/h1-2,5-6,8H,3-4,7H2,(H2,17,20)(H,18,19). The Morgan fingerprint density at radius 3 is 2.85 bits per heavy atom.